The van der Waals surface area contributed by atoms with Crippen LogP contribution < -0.4 is 5.32 Å². The van der Waals surface area contributed by atoms with Crippen LogP contribution in [0, 0.1) is 0 Å². The van der Waals surface area contributed by atoms with Gasteiger partial charge in [-0.2, -0.15) is 0 Å². The van der Waals surface area contributed by atoms with Gasteiger partial charge in [0.15, 0.2) is 0 Å². The highest BCUT2D eigenvalue weighted by Gasteiger charge is 2.27. The highest BCUT2D eigenvalue weighted by Crippen LogP contribution is 2.43. The molecular formula is C50H92N2O6P+. The number of likely N-dealkylation sites (N-methyl/N-ethyl adjacent to an activating group) is 1. The van der Waals surface area contributed by atoms with Crippen LogP contribution >= 0.6 is 7.82 Å². The molecule has 1 amide bonds. The van der Waals surface area contributed by atoms with Gasteiger partial charge in [-0.05, 0) is 64.2 Å². The molecule has 0 bridgehead atoms. The largest absolute Gasteiger partial charge is 0.472 e. The zero-order valence-electron chi connectivity index (χ0n) is 38.7. The number of carbonyl (C=O) groups is 1. The van der Waals surface area contributed by atoms with Crippen LogP contribution in [0.2, 0.25) is 0 Å². The van der Waals surface area contributed by atoms with Gasteiger partial charge in [0.05, 0.1) is 39.9 Å². The van der Waals surface area contributed by atoms with E-state index in [1.54, 1.807) is 6.08 Å². The molecule has 9 heteroatoms. The third-order valence-electron chi connectivity index (χ3n) is 10.2. The van der Waals surface area contributed by atoms with Crippen LogP contribution in [0.15, 0.2) is 72.9 Å². The standard InChI is InChI=1S/C50H91N2O6P/c1-6-8-10-12-14-16-18-20-22-24-25-26-27-28-30-32-34-36-38-40-42-44-50(54)51-48(47-58-59(55,56)57-46-45-52(3,4)5)49(53)43-41-39-37-35-33-31-29-23-21-19-17-15-13-11-9-7-2/h8,10,14,16,20,22,25-26,28,30,41,43,48-49,53H,6-7,9,11-13,15,17-19,21,23-24,27,29,31-40,42,44-47H2,1-5H3,(H-,51,54,55,56)/p+1/b10-8-,16-14-,22-20-,26-25-,30-28-,43-41+. The quantitative estimate of drug-likeness (QED) is 0.0245. The summed E-state index contributed by atoms with van der Waals surface area (Å²) in [6.45, 7) is 4.67. The normalized spacial score (nSPS) is 14.9. The summed E-state index contributed by atoms with van der Waals surface area (Å²) in [5.74, 6) is -0.199. The first-order valence-electron chi connectivity index (χ1n) is 23.8. The molecule has 8 nitrogen and oxygen atoms in total. The number of allylic oxidation sites excluding steroid dienone is 11. The van der Waals surface area contributed by atoms with E-state index in [1.165, 1.54) is 77.0 Å². The average molecular weight is 848 g/mol. The number of rotatable bonds is 42. The second-order valence-corrected chi connectivity index (χ2v) is 18.6. The van der Waals surface area contributed by atoms with Crippen molar-refractivity contribution in [1.82, 2.24) is 5.32 Å². The Kier molecular flexibility index (Phi) is 39.9. The summed E-state index contributed by atoms with van der Waals surface area (Å²) in [5, 5.41) is 13.8. The monoisotopic (exact) mass is 848 g/mol. The van der Waals surface area contributed by atoms with Gasteiger partial charge < -0.3 is 19.8 Å². The summed E-state index contributed by atoms with van der Waals surface area (Å²) < 4.78 is 23.6. The maximum absolute atomic E-state index is 12.9. The van der Waals surface area contributed by atoms with E-state index in [0.29, 0.717) is 17.4 Å². The number of carbonyl (C=O) groups excluding carboxylic acids is 1. The lowest BCUT2D eigenvalue weighted by Crippen LogP contribution is -2.45. The number of unbranched alkanes of at least 4 members (excludes halogenated alkanes) is 19. The van der Waals surface area contributed by atoms with Gasteiger partial charge in [0.25, 0.3) is 0 Å². The molecule has 0 aromatic rings. The van der Waals surface area contributed by atoms with E-state index >= 15 is 0 Å². The molecule has 0 rings (SSSR count). The van der Waals surface area contributed by atoms with Gasteiger partial charge in [0, 0.05) is 6.42 Å². The number of nitrogens with one attached hydrogen (secondary N) is 1. The van der Waals surface area contributed by atoms with E-state index in [4.69, 9.17) is 9.05 Å². The third kappa shape index (κ3) is 43.8. The predicted molar refractivity (Wildman–Crippen MR) is 253 cm³/mol. The highest BCUT2D eigenvalue weighted by atomic mass is 31.2. The van der Waals surface area contributed by atoms with Crippen LogP contribution in [0.4, 0.5) is 0 Å². The van der Waals surface area contributed by atoms with Crippen LogP contribution in [-0.4, -0.2) is 73.4 Å². The zero-order chi connectivity index (χ0) is 43.6. The Morgan fingerprint density at radius 3 is 1.49 bits per heavy atom. The fourth-order valence-electron chi connectivity index (χ4n) is 6.42. The molecule has 0 fully saturated rings. The molecule has 3 N–H and O–H groups in total. The van der Waals surface area contributed by atoms with Gasteiger partial charge in [0.1, 0.15) is 13.2 Å². The molecule has 0 saturated heterocycles. The molecular weight excluding hydrogens is 756 g/mol. The van der Waals surface area contributed by atoms with E-state index in [1.807, 2.05) is 27.2 Å². The van der Waals surface area contributed by atoms with Gasteiger partial charge in [-0.1, -0.05) is 189 Å². The van der Waals surface area contributed by atoms with Crippen LogP contribution in [0.1, 0.15) is 187 Å². The molecule has 0 saturated carbocycles. The minimum Gasteiger partial charge on any atom is -0.387 e. The summed E-state index contributed by atoms with van der Waals surface area (Å²) in [6, 6.07) is -0.860. The second kappa shape index (κ2) is 41.3. The molecule has 0 aromatic heterocycles. The average Bonchev–Trinajstić information content (AvgIpc) is 3.19. The molecule has 3 atom stereocenters. The Balaban J connectivity index is 4.43. The first-order chi connectivity index (χ1) is 28.5. The van der Waals surface area contributed by atoms with Crippen molar-refractivity contribution in [3.8, 4) is 0 Å². The maximum Gasteiger partial charge on any atom is 0.472 e. The van der Waals surface area contributed by atoms with Crippen LogP contribution in [0.5, 0.6) is 0 Å². The van der Waals surface area contributed by atoms with Crippen molar-refractivity contribution >= 4 is 13.7 Å². The Labute approximate surface area is 364 Å². The molecule has 0 heterocycles. The third-order valence-corrected chi connectivity index (χ3v) is 11.2. The van der Waals surface area contributed by atoms with Gasteiger partial charge in [0.2, 0.25) is 5.91 Å². The van der Waals surface area contributed by atoms with Gasteiger partial charge >= 0.3 is 7.82 Å². The van der Waals surface area contributed by atoms with Crippen LogP contribution in [-0.2, 0) is 18.4 Å². The molecule has 0 spiro atoms. The van der Waals surface area contributed by atoms with E-state index in [-0.39, 0.29) is 19.1 Å². The van der Waals surface area contributed by atoms with E-state index in [9.17, 15) is 19.4 Å². The van der Waals surface area contributed by atoms with Crippen molar-refractivity contribution < 1.29 is 32.9 Å². The van der Waals surface area contributed by atoms with Crippen molar-refractivity contribution in [1.29, 1.82) is 0 Å². The number of nitrogens with zero attached hydrogens (tertiary/aromatic N) is 1. The minimum absolute atomic E-state index is 0.0538. The molecule has 3 unspecified atom stereocenters. The number of hydrogen-bond acceptors (Lipinski definition) is 5. The Morgan fingerprint density at radius 2 is 1.02 bits per heavy atom. The molecule has 0 aliphatic heterocycles. The fourth-order valence-corrected chi connectivity index (χ4v) is 7.16. The number of phosphoric ester groups is 1. The highest BCUT2D eigenvalue weighted by molar-refractivity contribution is 7.47. The van der Waals surface area contributed by atoms with E-state index in [0.717, 1.165) is 89.9 Å². The Hall–Kier alpha value is -2.06. The molecule has 0 aromatic carbocycles. The number of aliphatic hydroxyl groups is 1. The van der Waals surface area contributed by atoms with Crippen LogP contribution in [0.3, 0.4) is 0 Å². The lowest BCUT2D eigenvalue weighted by molar-refractivity contribution is -0.870. The summed E-state index contributed by atoms with van der Waals surface area (Å²) >= 11 is 0. The second-order valence-electron chi connectivity index (χ2n) is 17.1. The number of amides is 1. The predicted octanol–water partition coefficient (Wildman–Crippen LogP) is 13.6. The summed E-state index contributed by atoms with van der Waals surface area (Å²) in [6.07, 6.45) is 55.4. The first-order valence-corrected chi connectivity index (χ1v) is 25.3. The van der Waals surface area contributed by atoms with Crippen molar-refractivity contribution in [2.45, 2.75) is 199 Å². The molecule has 0 aliphatic rings. The molecule has 342 valence electrons. The van der Waals surface area contributed by atoms with Crippen LogP contribution in [0.25, 0.3) is 0 Å². The van der Waals surface area contributed by atoms with Crippen molar-refractivity contribution in [2.75, 3.05) is 40.9 Å². The molecule has 59 heavy (non-hydrogen) atoms. The van der Waals surface area contributed by atoms with Gasteiger partial charge in [-0.15, -0.1) is 0 Å². The summed E-state index contributed by atoms with van der Waals surface area (Å²) in [4.78, 5) is 23.2. The molecule has 0 aliphatic carbocycles. The van der Waals surface area contributed by atoms with Gasteiger partial charge in [-0.3, -0.25) is 13.8 Å². The zero-order valence-corrected chi connectivity index (χ0v) is 39.6. The molecule has 0 radical (unpaired) electrons. The summed E-state index contributed by atoms with van der Waals surface area (Å²) in [5.41, 5.74) is 0. The van der Waals surface area contributed by atoms with Crippen molar-refractivity contribution in [3.63, 3.8) is 0 Å². The lowest BCUT2D eigenvalue weighted by Gasteiger charge is -2.25. The Morgan fingerprint density at radius 1 is 0.593 bits per heavy atom. The topological polar surface area (TPSA) is 105 Å². The van der Waals surface area contributed by atoms with Crippen molar-refractivity contribution in [2.24, 2.45) is 0 Å². The SMILES string of the molecule is CC/C=C\C/C=C\C/C=C\C/C=C\C/C=C\CCCCCCCC(=O)NC(COP(=O)(O)OCC[N+](C)(C)C)C(O)/C=C/CCCCCCCCCCCCCCCC. The number of aliphatic hydroxyl groups excluding tert-OH is 1. The Bertz CT molecular complexity index is 1190. The summed E-state index contributed by atoms with van der Waals surface area (Å²) in [7, 11) is 1.55. The number of quaternary nitrogens is 1. The lowest BCUT2D eigenvalue weighted by atomic mass is 10.0. The minimum atomic E-state index is -4.35. The van der Waals surface area contributed by atoms with Gasteiger partial charge in [-0.25, -0.2) is 4.57 Å². The fraction of sp³-hybridized carbons (Fsp3) is 0.740. The smallest absolute Gasteiger partial charge is 0.387 e. The number of hydrogen-bond donors (Lipinski definition) is 3. The number of phosphoric acid groups is 1. The van der Waals surface area contributed by atoms with E-state index in [2.05, 4.69) is 79.9 Å². The van der Waals surface area contributed by atoms with Crippen molar-refractivity contribution in [3.05, 3.63) is 72.9 Å². The van der Waals surface area contributed by atoms with E-state index < -0.39 is 20.0 Å². The maximum atomic E-state index is 12.9. The first kappa shape index (κ1) is 56.9.